The summed E-state index contributed by atoms with van der Waals surface area (Å²) in [6.45, 7) is 3.32. The van der Waals surface area contributed by atoms with Crippen LogP contribution in [0.3, 0.4) is 0 Å². The molecule has 0 bridgehead atoms. The van der Waals surface area contributed by atoms with E-state index in [2.05, 4.69) is 15.9 Å². The fraction of sp³-hybridized carbons (Fsp3) is 0.238. The van der Waals surface area contributed by atoms with Crippen molar-refractivity contribution in [1.82, 2.24) is 4.31 Å². The summed E-state index contributed by atoms with van der Waals surface area (Å²) in [7, 11) is -3.93. The lowest BCUT2D eigenvalue weighted by atomic mass is 10.1. The van der Waals surface area contributed by atoms with Crippen LogP contribution in [0.4, 0.5) is 0 Å². The Labute approximate surface area is 178 Å². The van der Waals surface area contributed by atoms with Crippen molar-refractivity contribution in [2.45, 2.75) is 31.6 Å². The van der Waals surface area contributed by atoms with E-state index >= 15 is 0 Å². The summed E-state index contributed by atoms with van der Waals surface area (Å²) < 4.78 is 33.8. The monoisotopic (exact) mass is 477 g/mol. The second kappa shape index (κ2) is 8.51. The summed E-state index contributed by atoms with van der Waals surface area (Å²) in [6, 6.07) is 12.8. The molecule has 6 nitrogen and oxygen atoms in total. The number of carbonyl (C=O) groups is 2. The number of hydrogen-bond donors (Lipinski definition) is 0. The zero-order chi connectivity index (χ0) is 21.2. The molecule has 8 heteroatoms. The normalized spacial score (nSPS) is 15.1. The van der Waals surface area contributed by atoms with Gasteiger partial charge in [0.2, 0.25) is 0 Å². The number of ether oxygens (including phenoxy) is 1. The molecule has 29 heavy (non-hydrogen) atoms. The Kier molecular flexibility index (Phi) is 6.24. The lowest BCUT2D eigenvalue weighted by Crippen LogP contribution is -2.38. The maximum Gasteiger partial charge on any atom is 0.343 e. The van der Waals surface area contributed by atoms with Gasteiger partial charge in [0.15, 0.2) is 11.5 Å². The molecule has 2 aromatic rings. The molecule has 0 spiro atoms. The zero-order valence-electron chi connectivity index (χ0n) is 16.0. The van der Waals surface area contributed by atoms with Crippen LogP contribution in [0, 0.1) is 0 Å². The predicted octanol–water partition coefficient (Wildman–Crippen LogP) is 4.37. The van der Waals surface area contributed by atoms with Gasteiger partial charge >= 0.3 is 5.97 Å². The summed E-state index contributed by atoms with van der Waals surface area (Å²) in [4.78, 5) is 25.2. The van der Waals surface area contributed by atoms with Crippen molar-refractivity contribution in [3.8, 4) is 0 Å². The van der Waals surface area contributed by atoms with Crippen molar-refractivity contribution in [3.05, 3.63) is 69.8 Å². The second-order valence-corrected chi connectivity index (χ2v) is 9.30. The van der Waals surface area contributed by atoms with Crippen LogP contribution in [0.5, 0.6) is 0 Å². The van der Waals surface area contributed by atoms with Gasteiger partial charge < -0.3 is 4.74 Å². The number of hydrogen-bond acceptors (Lipinski definition) is 5. The molecular weight excluding hydrogens is 458 g/mol. The van der Waals surface area contributed by atoms with Crippen LogP contribution in [0.15, 0.2) is 63.6 Å². The highest BCUT2D eigenvalue weighted by Gasteiger charge is 2.40. The maximum absolute atomic E-state index is 13.2. The minimum absolute atomic E-state index is 0.0136. The van der Waals surface area contributed by atoms with Crippen LogP contribution < -0.4 is 0 Å². The van der Waals surface area contributed by atoms with Gasteiger partial charge in [0.05, 0.1) is 10.5 Å². The van der Waals surface area contributed by atoms with Gasteiger partial charge in [-0.1, -0.05) is 41.4 Å². The number of fused-ring (bicyclic) bond motifs is 1. The van der Waals surface area contributed by atoms with Crippen LogP contribution in [0.2, 0.25) is 0 Å². The first-order valence-electron chi connectivity index (χ1n) is 9.12. The summed E-state index contributed by atoms with van der Waals surface area (Å²) >= 11 is 3.31. The number of halogens is 1. The molecule has 0 N–H and O–H groups in total. The first-order chi connectivity index (χ1) is 13.8. The molecule has 0 aromatic heterocycles. The van der Waals surface area contributed by atoms with E-state index in [-0.39, 0.29) is 34.0 Å². The number of rotatable bonds is 6. The van der Waals surface area contributed by atoms with Crippen LogP contribution >= 0.6 is 15.9 Å². The molecule has 1 aliphatic heterocycles. The molecule has 0 radical (unpaired) electrons. The lowest BCUT2D eigenvalue weighted by molar-refractivity contribution is -0.114. The third-order valence-electron chi connectivity index (χ3n) is 4.49. The molecule has 0 fully saturated rings. The van der Waals surface area contributed by atoms with Gasteiger partial charge in [-0.05, 0) is 42.8 Å². The van der Waals surface area contributed by atoms with Gasteiger partial charge in [-0.15, -0.1) is 0 Å². The van der Waals surface area contributed by atoms with Crippen LogP contribution in [-0.2, 0) is 19.6 Å². The fourth-order valence-electron chi connectivity index (χ4n) is 3.07. The van der Waals surface area contributed by atoms with Gasteiger partial charge in [-0.25, -0.2) is 13.2 Å². The fourth-order valence-corrected chi connectivity index (χ4v) is 5.08. The van der Waals surface area contributed by atoms with Crippen LogP contribution in [-0.4, -0.2) is 31.0 Å². The topological polar surface area (TPSA) is 80.8 Å². The molecule has 2 aromatic carbocycles. The number of Topliss-reactive ketones (excluding diaryl/α,β-unsaturated/α-hetero) is 1. The summed E-state index contributed by atoms with van der Waals surface area (Å²) in [6.07, 6.45) is 1.30. The van der Waals surface area contributed by atoms with Crippen molar-refractivity contribution < 1.29 is 22.7 Å². The number of ketones is 1. The van der Waals surface area contributed by atoms with E-state index in [4.69, 9.17) is 4.74 Å². The van der Waals surface area contributed by atoms with E-state index < -0.39 is 21.8 Å². The van der Waals surface area contributed by atoms with E-state index in [1.165, 1.54) is 19.1 Å². The number of allylic oxidation sites excluding steroid dienone is 1. The highest BCUT2D eigenvalue weighted by molar-refractivity contribution is 9.10. The lowest BCUT2D eigenvalue weighted by Gasteiger charge is -2.32. The van der Waals surface area contributed by atoms with E-state index in [1.54, 1.807) is 36.4 Å². The highest BCUT2D eigenvalue weighted by atomic mass is 79.9. The third-order valence-corrected chi connectivity index (χ3v) is 6.87. The Balaban J connectivity index is 2.16. The molecule has 0 atom stereocenters. The smallest absolute Gasteiger partial charge is 0.343 e. The van der Waals surface area contributed by atoms with Crippen molar-refractivity contribution in [1.29, 1.82) is 0 Å². The molecule has 0 aliphatic carbocycles. The van der Waals surface area contributed by atoms with Crippen molar-refractivity contribution in [3.63, 3.8) is 0 Å². The molecule has 0 unspecified atom stereocenters. The average Bonchev–Trinajstić information content (AvgIpc) is 2.69. The third kappa shape index (κ3) is 4.13. The molecule has 0 saturated heterocycles. The Bertz CT molecular complexity index is 1090. The van der Waals surface area contributed by atoms with Gasteiger partial charge in [0.1, 0.15) is 5.70 Å². The first kappa shape index (κ1) is 21.3. The van der Waals surface area contributed by atoms with E-state index in [0.717, 1.165) is 15.2 Å². The van der Waals surface area contributed by atoms with Gasteiger partial charge in [-0.3, -0.25) is 9.10 Å². The van der Waals surface area contributed by atoms with Crippen LogP contribution in [0.25, 0.3) is 5.76 Å². The number of unbranched alkanes of at least 4 members (excludes halogenated alkanes) is 1. The van der Waals surface area contributed by atoms with Gasteiger partial charge in [0, 0.05) is 23.5 Å². The Morgan fingerprint density at radius 2 is 1.72 bits per heavy atom. The Morgan fingerprint density at radius 3 is 2.34 bits per heavy atom. The second-order valence-electron chi connectivity index (χ2n) is 6.56. The van der Waals surface area contributed by atoms with Gasteiger partial charge in [-0.2, -0.15) is 0 Å². The predicted molar refractivity (Wildman–Crippen MR) is 112 cm³/mol. The van der Waals surface area contributed by atoms with Gasteiger partial charge in [0.25, 0.3) is 10.0 Å². The van der Waals surface area contributed by atoms with E-state index in [1.807, 2.05) is 6.92 Å². The SMILES string of the molecule is CCCCN1C(C(C)=O)=C(OC(=O)c2ccc(Br)cc2)c2ccccc2S1(=O)=O. The number of benzene rings is 2. The van der Waals surface area contributed by atoms with Crippen LogP contribution in [0.1, 0.15) is 42.6 Å². The molecule has 0 amide bonds. The minimum atomic E-state index is -3.93. The molecule has 152 valence electrons. The van der Waals surface area contributed by atoms with Crippen molar-refractivity contribution in [2.24, 2.45) is 0 Å². The highest BCUT2D eigenvalue weighted by Crippen LogP contribution is 2.38. The quantitative estimate of drug-likeness (QED) is 0.577. The standard InChI is InChI=1S/C21H20BrNO5S/c1-3-4-13-23-19(14(2)24)20(17-7-5-6-8-18(17)29(23,26)27)28-21(25)15-9-11-16(22)12-10-15/h5-12H,3-4,13H2,1-2H3. The minimum Gasteiger partial charge on any atom is -0.420 e. The molecule has 0 saturated carbocycles. The maximum atomic E-state index is 13.2. The van der Waals surface area contributed by atoms with Crippen molar-refractivity contribution >= 4 is 43.5 Å². The first-order valence-corrected chi connectivity index (χ1v) is 11.4. The summed E-state index contributed by atoms with van der Waals surface area (Å²) in [5.74, 6) is -1.19. The Morgan fingerprint density at radius 1 is 1.07 bits per heavy atom. The zero-order valence-corrected chi connectivity index (χ0v) is 18.4. The van der Waals surface area contributed by atoms with E-state index in [0.29, 0.717) is 6.42 Å². The molecular formula is C21H20BrNO5S. The molecule has 3 rings (SSSR count). The van der Waals surface area contributed by atoms with Crippen molar-refractivity contribution in [2.75, 3.05) is 6.54 Å². The molecule has 1 aliphatic rings. The number of carbonyl (C=O) groups excluding carboxylic acids is 2. The summed E-state index contributed by atoms with van der Waals surface area (Å²) in [5.41, 5.74) is 0.369. The number of nitrogens with zero attached hydrogens (tertiary/aromatic N) is 1. The largest absolute Gasteiger partial charge is 0.420 e. The van der Waals surface area contributed by atoms with E-state index in [9.17, 15) is 18.0 Å². The Hall–Kier alpha value is -2.45. The number of esters is 1. The average molecular weight is 478 g/mol. The number of sulfonamides is 1. The molecule has 1 heterocycles. The summed E-state index contributed by atoms with van der Waals surface area (Å²) in [5, 5.41) is 0.